The predicted octanol–water partition coefficient (Wildman–Crippen LogP) is 6.33. The van der Waals surface area contributed by atoms with Gasteiger partial charge >= 0.3 is 15.2 Å². The van der Waals surface area contributed by atoms with Crippen molar-refractivity contribution in [1.29, 1.82) is 0 Å². The number of benzene rings is 7. The van der Waals surface area contributed by atoms with Crippen molar-refractivity contribution in [1.82, 2.24) is 29.9 Å². The predicted molar refractivity (Wildman–Crippen MR) is 349 cm³/mol. The highest BCUT2D eigenvalue weighted by molar-refractivity contribution is 7.88. The first-order valence-corrected chi connectivity index (χ1v) is 39.2. The lowest BCUT2D eigenvalue weighted by Gasteiger charge is -2.24. The number of rotatable bonds is 20. The highest BCUT2D eigenvalue weighted by Gasteiger charge is 2.37. The highest BCUT2D eigenvalue weighted by atomic mass is 35.5. The summed E-state index contributed by atoms with van der Waals surface area (Å²) in [5.74, 6) is -5.80. The smallest absolute Gasteiger partial charge is 0.356 e. The Morgan fingerprint density at radius 3 is 0.960 bits per heavy atom. The zero-order valence-corrected chi connectivity index (χ0v) is 57.4. The number of ether oxygens (including phenoxy) is 2. The molecule has 2 aromatic heterocycles. The molecule has 0 radical (unpaired) electrons. The summed E-state index contributed by atoms with van der Waals surface area (Å²) in [7, 11) is -43.5. The Kier molecular flexibility index (Phi) is 18.8. The van der Waals surface area contributed by atoms with E-state index in [2.05, 4.69) is 71.8 Å². The highest BCUT2D eigenvalue weighted by Crippen LogP contribution is 2.51. The quantitative estimate of drug-likeness (QED) is 0.0292. The molecular formula is C48H32Cl4N14O26P2S6. The second-order valence-electron chi connectivity index (χ2n) is 20.0. The minimum atomic E-state index is -5.66. The van der Waals surface area contributed by atoms with Gasteiger partial charge in [-0.2, -0.15) is 80.4 Å². The lowest BCUT2D eigenvalue weighted by molar-refractivity contribution is 0.385. The lowest BCUT2D eigenvalue weighted by atomic mass is 10.1. The molecule has 11 rings (SSSR count). The van der Waals surface area contributed by atoms with E-state index in [1.54, 1.807) is 0 Å². The number of anilines is 12. The second-order valence-corrected chi connectivity index (χ2v) is 32.9. The van der Waals surface area contributed by atoms with Crippen LogP contribution in [0.25, 0.3) is 0 Å². The zero-order valence-electron chi connectivity index (χ0n) is 47.7. The van der Waals surface area contributed by atoms with Gasteiger partial charge in [0.2, 0.25) is 34.4 Å². The minimum Gasteiger partial charge on any atom is -0.450 e. The molecule has 524 valence electrons. The standard InChI is InChI=1S/C48H32Cl4N14O26P2S6/c49-31-36-40(92-38-24(58-36)8-10-26(42(38)100(88,89)90)54-20-15-29(97(79,80)81)34(30(16-20)98(82,83)84)60-48-64-44(52)62-46(66-48)56-18-4-2-6-22(12-18)94(70,71)72)32(50)35-39(31)91-37-23(57-35)7-9-25(41(37)99(85,86)87)53-19-13-27(95(73,74)75)33(28(14-19)96(76,77)78)59-47-63-43(51)61-45(65-47)55-17-3-1-5-21(11-17)93(67,68)69/h1-16,53-54H,(H2,67,68,69)(H2,70,71,72)(H,73,74,75)(H,76,77,78)(H,79,80,81)(H,82,83,84)(H,85,86,87)(H,88,89,90)(H2,55,59,61,63,65)(H2,56,60,62,64,66). The fourth-order valence-electron chi connectivity index (χ4n) is 9.27. The number of fused-ring (bicyclic) bond motifs is 4. The van der Waals surface area contributed by atoms with Crippen LogP contribution < -0.4 is 62.7 Å². The van der Waals surface area contributed by atoms with Gasteiger partial charge in [0.05, 0.1) is 33.4 Å². The van der Waals surface area contributed by atoms with Gasteiger partial charge in [-0.25, -0.2) is 9.98 Å². The molecule has 0 saturated carbocycles. The first-order valence-electron chi connectivity index (χ1n) is 25.9. The molecule has 0 spiro atoms. The van der Waals surface area contributed by atoms with E-state index < -0.39 is 239 Å². The van der Waals surface area contributed by atoms with Crippen molar-refractivity contribution < 1.29 is 116 Å². The summed E-state index contributed by atoms with van der Waals surface area (Å²) in [4.78, 5) is 61.8. The first-order chi connectivity index (χ1) is 46.2. The molecule has 0 aliphatic carbocycles. The van der Waals surface area contributed by atoms with E-state index in [1.807, 2.05) is 0 Å². The maximum Gasteiger partial charge on any atom is 0.356 e. The number of aromatic nitrogens is 6. The second kappa shape index (κ2) is 25.8. The molecular weight excluding hydrogens is 1580 g/mol. The molecule has 52 heteroatoms. The van der Waals surface area contributed by atoms with Crippen LogP contribution in [0.5, 0.6) is 23.0 Å². The van der Waals surface area contributed by atoms with Crippen LogP contribution in [0.2, 0.25) is 20.6 Å². The van der Waals surface area contributed by atoms with Crippen molar-refractivity contribution in [3.05, 3.63) is 128 Å². The van der Waals surface area contributed by atoms with Crippen LogP contribution in [-0.4, -0.2) is 127 Å². The Bertz CT molecular complexity index is 5620. The Morgan fingerprint density at radius 1 is 0.360 bits per heavy atom. The largest absolute Gasteiger partial charge is 0.450 e. The van der Waals surface area contributed by atoms with Gasteiger partial charge in [0.1, 0.15) is 51.7 Å². The Labute approximate surface area is 578 Å². The molecule has 0 fully saturated rings. The van der Waals surface area contributed by atoms with Gasteiger partial charge in [0.25, 0.3) is 60.7 Å². The maximum absolute atomic E-state index is 13.4. The molecule has 0 saturated heterocycles. The van der Waals surface area contributed by atoms with Crippen molar-refractivity contribution in [2.45, 2.75) is 29.4 Å². The summed E-state index contributed by atoms with van der Waals surface area (Å²) in [5, 5.41) is 9.44. The molecule has 2 aliphatic heterocycles. The van der Waals surface area contributed by atoms with Crippen LogP contribution in [-0.2, 0) is 69.8 Å². The molecule has 9 aromatic rings. The van der Waals surface area contributed by atoms with Crippen LogP contribution in [0.3, 0.4) is 0 Å². The Balaban J connectivity index is 0.936. The lowest BCUT2D eigenvalue weighted by Crippen LogP contribution is -2.23. The summed E-state index contributed by atoms with van der Waals surface area (Å²) >= 11 is 25.8. The third kappa shape index (κ3) is 15.4. The average Bonchev–Trinajstić information content (AvgIpc) is 0.724. The third-order valence-electron chi connectivity index (χ3n) is 13.2. The molecule has 2 aliphatic rings. The third-order valence-corrected chi connectivity index (χ3v) is 21.5. The topological polar surface area (TPSA) is 634 Å². The van der Waals surface area contributed by atoms with E-state index in [0.29, 0.717) is 24.3 Å². The number of halogens is 4. The summed E-state index contributed by atoms with van der Waals surface area (Å²) in [6.07, 6.45) is 0. The molecule has 4 heterocycles. The van der Waals surface area contributed by atoms with Gasteiger partial charge in [0, 0.05) is 22.7 Å². The van der Waals surface area contributed by atoms with Crippen molar-refractivity contribution >= 4 is 214 Å². The minimum absolute atomic E-state index is 0.0466. The van der Waals surface area contributed by atoms with Gasteiger partial charge < -0.3 is 60.9 Å². The Morgan fingerprint density at radius 2 is 0.670 bits per heavy atom. The fraction of sp³-hybridized carbons (Fsp3) is 0. The molecule has 40 nitrogen and oxygen atoms in total. The average molecular weight is 1620 g/mol. The van der Waals surface area contributed by atoms with Crippen LogP contribution in [0, 0.1) is 0 Å². The van der Waals surface area contributed by atoms with E-state index in [1.165, 1.54) is 24.3 Å². The van der Waals surface area contributed by atoms with Gasteiger partial charge in [-0.15, -0.1) is 0 Å². The summed E-state index contributed by atoms with van der Waals surface area (Å²) in [6.45, 7) is 0. The van der Waals surface area contributed by atoms with Crippen molar-refractivity contribution in [2.24, 2.45) is 9.98 Å². The molecule has 16 N–H and O–H groups in total. The molecule has 100 heavy (non-hydrogen) atoms. The normalized spacial score (nSPS) is 13.2. The van der Waals surface area contributed by atoms with E-state index >= 15 is 0 Å². The van der Waals surface area contributed by atoms with Crippen LogP contribution in [0.15, 0.2) is 136 Å². The summed E-state index contributed by atoms with van der Waals surface area (Å²) in [5.41, 5.74) is -6.72. The summed E-state index contributed by atoms with van der Waals surface area (Å²) < 4.78 is 257. The molecule has 0 bridgehead atoms. The molecule has 0 amide bonds. The number of nitrogens with zero attached hydrogens (tertiary/aromatic N) is 8. The SMILES string of the molecule is O=P(O)(O)c1cccc(Nc2nc(Cl)nc(Nc3c(S(=O)(=O)O)cc(Nc4ccc5c(c4S(=O)(=O)O)Oc4c(Cl)c6c(c(Cl)c4=N5)Oc4c(ccc(Nc5cc(S(=O)(=O)O)c(Nc7nc(Cl)nc(Nc8cccc(P(=O)(O)O)c8)n7)c(S(=O)(=O)O)c5)c4S(=O)(=O)O)N=6)cc3S(=O)(=O)O)n2)c1. The molecule has 7 aromatic carbocycles. The number of nitrogens with one attached hydrogen (secondary N) is 6. The first kappa shape index (κ1) is 72.7. The van der Waals surface area contributed by atoms with Crippen molar-refractivity contribution in [3.8, 4) is 23.0 Å². The fourth-order valence-corrected chi connectivity index (χ4v) is 15.7. The van der Waals surface area contributed by atoms with E-state index in [9.17, 15) is 107 Å². The van der Waals surface area contributed by atoms with Crippen LogP contribution >= 0.6 is 61.6 Å². The maximum atomic E-state index is 13.4. The van der Waals surface area contributed by atoms with Gasteiger partial charge in [-0.1, -0.05) is 35.3 Å². The summed E-state index contributed by atoms with van der Waals surface area (Å²) in [6, 6.07) is 14.8. The number of hydrogen-bond acceptors (Lipinski definition) is 30. The zero-order chi connectivity index (χ0) is 73.1. The Hall–Kier alpha value is -8.52. The van der Waals surface area contributed by atoms with E-state index in [0.717, 1.165) is 48.5 Å². The monoisotopic (exact) mass is 1610 g/mol. The van der Waals surface area contributed by atoms with Gasteiger partial charge in [-0.05, 0) is 108 Å². The van der Waals surface area contributed by atoms with Crippen molar-refractivity contribution in [3.63, 3.8) is 0 Å². The van der Waals surface area contributed by atoms with E-state index in [-0.39, 0.29) is 11.4 Å². The van der Waals surface area contributed by atoms with Gasteiger partial charge in [-0.3, -0.25) is 36.4 Å². The van der Waals surface area contributed by atoms with Gasteiger partial charge in [0.15, 0.2) is 32.8 Å². The van der Waals surface area contributed by atoms with Crippen LogP contribution in [0.4, 0.5) is 80.7 Å². The number of hydrogen-bond donors (Lipinski definition) is 16. The molecule has 0 unspecified atom stereocenters. The molecule has 0 atom stereocenters. The van der Waals surface area contributed by atoms with Crippen LogP contribution in [0.1, 0.15) is 0 Å². The van der Waals surface area contributed by atoms with E-state index in [4.69, 9.17) is 55.9 Å². The van der Waals surface area contributed by atoms with Crippen molar-refractivity contribution in [2.75, 3.05) is 31.9 Å².